The van der Waals surface area contributed by atoms with E-state index in [1.165, 1.54) is 0 Å². The molecule has 1 aromatic heterocycles. The van der Waals surface area contributed by atoms with Crippen molar-refractivity contribution in [2.24, 2.45) is 0 Å². The van der Waals surface area contributed by atoms with E-state index in [1.54, 1.807) is 16.7 Å². The van der Waals surface area contributed by atoms with E-state index in [2.05, 4.69) is 19.8 Å². The summed E-state index contributed by atoms with van der Waals surface area (Å²) in [7, 11) is -3.04. The van der Waals surface area contributed by atoms with Gasteiger partial charge in [0.2, 0.25) is 16.0 Å². The minimum Gasteiger partial charge on any atom is -0.338 e. The van der Waals surface area contributed by atoms with E-state index in [1.807, 2.05) is 6.07 Å². The zero-order valence-corrected chi connectivity index (χ0v) is 14.3. The Balaban J connectivity index is 1.39. The molecule has 7 nitrogen and oxygen atoms in total. The van der Waals surface area contributed by atoms with Gasteiger partial charge in [-0.3, -0.25) is 4.90 Å². The Hall–Kier alpha value is -1.25. The highest BCUT2D eigenvalue weighted by molar-refractivity contribution is 7.89. The highest BCUT2D eigenvalue weighted by Crippen LogP contribution is 2.14. The number of nitrogens with zero attached hydrogens (tertiary/aromatic N) is 5. The minimum absolute atomic E-state index is 0.273. The number of anilines is 1. The highest BCUT2D eigenvalue weighted by Gasteiger charge is 2.25. The Morgan fingerprint density at radius 2 is 1.61 bits per heavy atom. The fraction of sp³-hybridized carbons (Fsp3) is 0.733. The van der Waals surface area contributed by atoms with E-state index in [9.17, 15) is 8.42 Å². The molecule has 0 spiro atoms. The van der Waals surface area contributed by atoms with Crippen LogP contribution in [0.2, 0.25) is 0 Å². The van der Waals surface area contributed by atoms with Crippen molar-refractivity contribution in [2.45, 2.75) is 19.3 Å². The second kappa shape index (κ2) is 7.55. The standard InChI is InChI=1S/C15H25N5O2S/c21-23(22,20-8-1-2-9-20)14-4-7-18-10-12-19(13-11-18)15-16-5-3-6-17-15/h3,5-6H,1-2,4,7-14H2. The molecule has 8 heteroatoms. The summed E-state index contributed by atoms with van der Waals surface area (Å²) in [5.41, 5.74) is 0. The van der Waals surface area contributed by atoms with Gasteiger partial charge >= 0.3 is 0 Å². The second-order valence-corrected chi connectivity index (χ2v) is 8.24. The lowest BCUT2D eigenvalue weighted by molar-refractivity contribution is 0.257. The summed E-state index contributed by atoms with van der Waals surface area (Å²) in [6.45, 7) is 5.91. The van der Waals surface area contributed by atoms with Crippen molar-refractivity contribution < 1.29 is 8.42 Å². The topological polar surface area (TPSA) is 69.6 Å². The van der Waals surface area contributed by atoms with Gasteiger partial charge in [-0.05, 0) is 31.9 Å². The third-order valence-corrected chi connectivity index (χ3v) is 6.50. The molecule has 0 N–H and O–H groups in total. The lowest BCUT2D eigenvalue weighted by atomic mass is 10.3. The summed E-state index contributed by atoms with van der Waals surface area (Å²) in [5, 5.41) is 0. The molecule has 3 heterocycles. The number of sulfonamides is 1. The smallest absolute Gasteiger partial charge is 0.225 e. The molecule has 3 rings (SSSR count). The van der Waals surface area contributed by atoms with Crippen molar-refractivity contribution in [3.63, 3.8) is 0 Å². The SMILES string of the molecule is O=S(=O)(CCCN1CCN(c2ncccn2)CC1)N1CCCC1. The quantitative estimate of drug-likeness (QED) is 0.748. The van der Waals surface area contributed by atoms with Crippen LogP contribution in [0.5, 0.6) is 0 Å². The summed E-state index contributed by atoms with van der Waals surface area (Å²) in [6.07, 6.45) is 6.24. The van der Waals surface area contributed by atoms with Crippen molar-refractivity contribution in [1.82, 2.24) is 19.2 Å². The average molecular weight is 339 g/mol. The van der Waals surface area contributed by atoms with E-state index in [-0.39, 0.29) is 5.75 Å². The Labute approximate surface area is 138 Å². The van der Waals surface area contributed by atoms with Crippen molar-refractivity contribution >= 4 is 16.0 Å². The van der Waals surface area contributed by atoms with E-state index in [0.29, 0.717) is 19.5 Å². The average Bonchev–Trinajstić information content (AvgIpc) is 3.12. The lowest BCUT2D eigenvalue weighted by Gasteiger charge is -2.34. The summed E-state index contributed by atoms with van der Waals surface area (Å²) in [5.74, 6) is 1.05. The summed E-state index contributed by atoms with van der Waals surface area (Å²) < 4.78 is 26.0. The molecular weight excluding hydrogens is 314 g/mol. The van der Waals surface area contributed by atoms with Gasteiger partial charge in [0.1, 0.15) is 0 Å². The first-order valence-electron chi connectivity index (χ1n) is 8.37. The minimum atomic E-state index is -3.04. The molecule has 0 aromatic carbocycles. The van der Waals surface area contributed by atoms with Gasteiger partial charge in [0.05, 0.1) is 5.75 Å². The van der Waals surface area contributed by atoms with Gasteiger partial charge < -0.3 is 4.90 Å². The molecule has 2 aliphatic rings. The van der Waals surface area contributed by atoms with Crippen LogP contribution in [0, 0.1) is 0 Å². The molecule has 0 radical (unpaired) electrons. The second-order valence-electron chi connectivity index (χ2n) is 6.15. The number of aromatic nitrogens is 2. The predicted octanol–water partition coefficient (Wildman–Crippen LogP) is 0.414. The van der Waals surface area contributed by atoms with Crippen molar-refractivity contribution in [3.8, 4) is 0 Å². The summed E-state index contributed by atoms with van der Waals surface area (Å²) in [6, 6.07) is 1.82. The van der Waals surface area contributed by atoms with Gasteiger partial charge in [0.15, 0.2) is 0 Å². The Bertz CT molecular complexity index is 581. The van der Waals surface area contributed by atoms with Crippen LogP contribution in [0.1, 0.15) is 19.3 Å². The van der Waals surface area contributed by atoms with Crippen LogP contribution in [0.4, 0.5) is 5.95 Å². The maximum atomic E-state index is 12.2. The van der Waals surface area contributed by atoms with Gasteiger partial charge in [-0.15, -0.1) is 0 Å². The molecule has 0 atom stereocenters. The molecule has 0 aliphatic carbocycles. The predicted molar refractivity (Wildman–Crippen MR) is 89.9 cm³/mol. The lowest BCUT2D eigenvalue weighted by Crippen LogP contribution is -2.47. The molecule has 2 saturated heterocycles. The fourth-order valence-electron chi connectivity index (χ4n) is 3.19. The number of hydrogen-bond donors (Lipinski definition) is 0. The van der Waals surface area contributed by atoms with Crippen LogP contribution < -0.4 is 4.90 Å². The van der Waals surface area contributed by atoms with Crippen LogP contribution in [0.25, 0.3) is 0 Å². The maximum absolute atomic E-state index is 12.2. The Morgan fingerprint density at radius 3 is 2.26 bits per heavy atom. The molecule has 128 valence electrons. The maximum Gasteiger partial charge on any atom is 0.225 e. The monoisotopic (exact) mass is 339 g/mol. The molecule has 23 heavy (non-hydrogen) atoms. The zero-order valence-electron chi connectivity index (χ0n) is 13.5. The number of rotatable bonds is 6. The van der Waals surface area contributed by atoms with Crippen LogP contribution in [0.3, 0.4) is 0 Å². The van der Waals surface area contributed by atoms with Gasteiger partial charge in [-0.2, -0.15) is 0 Å². The molecule has 0 bridgehead atoms. The van der Waals surface area contributed by atoms with Crippen LogP contribution in [-0.4, -0.2) is 79.2 Å². The fourth-order valence-corrected chi connectivity index (χ4v) is 4.76. The third-order valence-electron chi connectivity index (χ3n) is 4.54. The third kappa shape index (κ3) is 4.39. The largest absolute Gasteiger partial charge is 0.338 e. The van der Waals surface area contributed by atoms with E-state index < -0.39 is 10.0 Å². The molecular formula is C15H25N5O2S. The van der Waals surface area contributed by atoms with Crippen molar-refractivity contribution in [1.29, 1.82) is 0 Å². The summed E-state index contributed by atoms with van der Waals surface area (Å²) >= 11 is 0. The van der Waals surface area contributed by atoms with Crippen LogP contribution >= 0.6 is 0 Å². The molecule has 2 fully saturated rings. The molecule has 0 amide bonds. The Kier molecular flexibility index (Phi) is 5.45. The van der Waals surface area contributed by atoms with Gasteiger partial charge in [-0.1, -0.05) is 0 Å². The van der Waals surface area contributed by atoms with E-state index in [4.69, 9.17) is 0 Å². The van der Waals surface area contributed by atoms with Crippen LogP contribution in [0.15, 0.2) is 18.5 Å². The number of hydrogen-bond acceptors (Lipinski definition) is 6. The van der Waals surface area contributed by atoms with Gasteiger partial charge in [-0.25, -0.2) is 22.7 Å². The normalized spacial score (nSPS) is 21.0. The first kappa shape index (κ1) is 16.6. The van der Waals surface area contributed by atoms with Crippen LogP contribution in [-0.2, 0) is 10.0 Å². The summed E-state index contributed by atoms with van der Waals surface area (Å²) in [4.78, 5) is 13.1. The number of piperazine rings is 1. The van der Waals surface area contributed by atoms with E-state index >= 15 is 0 Å². The first-order chi connectivity index (χ1) is 11.1. The van der Waals surface area contributed by atoms with Crippen molar-refractivity contribution in [3.05, 3.63) is 18.5 Å². The van der Waals surface area contributed by atoms with Gasteiger partial charge in [0.25, 0.3) is 0 Å². The van der Waals surface area contributed by atoms with E-state index in [0.717, 1.165) is 51.5 Å². The van der Waals surface area contributed by atoms with Gasteiger partial charge in [0, 0.05) is 51.7 Å². The molecule has 0 saturated carbocycles. The Morgan fingerprint density at radius 1 is 0.957 bits per heavy atom. The molecule has 0 unspecified atom stereocenters. The highest BCUT2D eigenvalue weighted by atomic mass is 32.2. The molecule has 1 aromatic rings. The zero-order chi connectivity index (χ0) is 16.1. The first-order valence-corrected chi connectivity index (χ1v) is 9.98. The van der Waals surface area contributed by atoms with Crippen molar-refractivity contribution in [2.75, 3.05) is 56.5 Å². The molecule has 2 aliphatic heterocycles.